The van der Waals surface area contributed by atoms with E-state index in [0.29, 0.717) is 6.07 Å². The first-order chi connectivity index (χ1) is 16.5. The van der Waals surface area contributed by atoms with E-state index in [0.717, 1.165) is 25.0 Å². The van der Waals surface area contributed by atoms with Crippen molar-refractivity contribution < 1.29 is 31.1 Å². The standard InChI is InChI=1S/C25H25F3N2O4S/c1-18(10-11-19-6-3-2-4-7-19)29-24(31)17-34-22-12-14-23(15-13-22)35(32,33)30-21-9-5-8-20(16-21)25(26,27)28/h2-9,12-16,18,30H,10-11,17H2,1H3,(H,29,31)/t18-/m1/s1. The van der Waals surface area contributed by atoms with Crippen LogP contribution in [0.4, 0.5) is 18.9 Å². The summed E-state index contributed by atoms with van der Waals surface area (Å²) < 4.78 is 71.2. The van der Waals surface area contributed by atoms with Crippen LogP contribution in [0.2, 0.25) is 0 Å². The van der Waals surface area contributed by atoms with Crippen LogP contribution < -0.4 is 14.8 Å². The van der Waals surface area contributed by atoms with Crippen molar-refractivity contribution in [2.24, 2.45) is 0 Å². The topological polar surface area (TPSA) is 84.5 Å². The number of aryl methyl sites for hydroxylation is 1. The van der Waals surface area contributed by atoms with Crippen LogP contribution in [0.3, 0.4) is 0 Å². The summed E-state index contributed by atoms with van der Waals surface area (Å²) in [5.41, 5.74) is 0.00903. The minimum atomic E-state index is -4.59. The first kappa shape index (κ1) is 26.1. The smallest absolute Gasteiger partial charge is 0.416 e. The molecule has 3 aromatic rings. The van der Waals surface area contributed by atoms with Crippen molar-refractivity contribution in [1.29, 1.82) is 0 Å². The molecule has 0 aliphatic heterocycles. The molecule has 35 heavy (non-hydrogen) atoms. The number of halogens is 3. The number of sulfonamides is 1. The monoisotopic (exact) mass is 506 g/mol. The number of carbonyl (C=O) groups is 1. The van der Waals surface area contributed by atoms with Crippen molar-refractivity contribution in [3.8, 4) is 5.75 Å². The van der Waals surface area contributed by atoms with Crippen LogP contribution >= 0.6 is 0 Å². The van der Waals surface area contributed by atoms with Crippen molar-refractivity contribution in [3.63, 3.8) is 0 Å². The number of nitrogens with one attached hydrogen (secondary N) is 2. The Morgan fingerprint density at radius 1 is 0.971 bits per heavy atom. The molecular formula is C25H25F3N2O4S. The van der Waals surface area contributed by atoms with Crippen molar-refractivity contribution in [2.45, 2.75) is 36.9 Å². The van der Waals surface area contributed by atoms with Crippen LogP contribution in [0.15, 0.2) is 83.8 Å². The molecule has 0 fully saturated rings. The van der Waals surface area contributed by atoms with Crippen molar-refractivity contribution in [3.05, 3.63) is 90.0 Å². The molecule has 0 spiro atoms. The van der Waals surface area contributed by atoms with Gasteiger partial charge in [-0.05, 0) is 67.8 Å². The summed E-state index contributed by atoms with van der Waals surface area (Å²) in [7, 11) is -4.12. The summed E-state index contributed by atoms with van der Waals surface area (Å²) in [5.74, 6) is -0.0384. The fourth-order valence-corrected chi connectivity index (χ4v) is 4.30. The Morgan fingerprint density at radius 2 is 1.66 bits per heavy atom. The van der Waals surface area contributed by atoms with E-state index in [4.69, 9.17) is 4.74 Å². The highest BCUT2D eigenvalue weighted by molar-refractivity contribution is 7.92. The molecule has 10 heteroatoms. The molecule has 0 bridgehead atoms. The highest BCUT2D eigenvalue weighted by Crippen LogP contribution is 2.31. The Hall–Kier alpha value is -3.53. The zero-order valence-corrected chi connectivity index (χ0v) is 19.7. The molecule has 3 aromatic carbocycles. The van der Waals surface area contributed by atoms with Gasteiger partial charge < -0.3 is 10.1 Å². The van der Waals surface area contributed by atoms with E-state index >= 15 is 0 Å². The van der Waals surface area contributed by atoms with Crippen LogP contribution in [0.25, 0.3) is 0 Å². The zero-order valence-electron chi connectivity index (χ0n) is 18.9. The van der Waals surface area contributed by atoms with Gasteiger partial charge in [-0.2, -0.15) is 13.2 Å². The molecule has 0 radical (unpaired) electrons. The van der Waals surface area contributed by atoms with Crippen molar-refractivity contribution in [1.82, 2.24) is 5.32 Å². The maximum Gasteiger partial charge on any atom is 0.416 e. The molecule has 0 saturated carbocycles. The third kappa shape index (κ3) is 8.03. The second-order valence-electron chi connectivity index (χ2n) is 7.94. The second kappa shape index (κ2) is 11.3. The van der Waals surface area contributed by atoms with Crippen LogP contribution in [-0.4, -0.2) is 27.0 Å². The fourth-order valence-electron chi connectivity index (χ4n) is 3.25. The molecule has 0 unspecified atom stereocenters. The zero-order chi connectivity index (χ0) is 25.5. The third-order valence-electron chi connectivity index (χ3n) is 5.06. The number of benzene rings is 3. The average Bonchev–Trinajstić information content (AvgIpc) is 2.82. The van der Waals surface area contributed by atoms with Gasteiger partial charge in [0.05, 0.1) is 10.5 Å². The lowest BCUT2D eigenvalue weighted by molar-refractivity contribution is -0.137. The van der Waals surface area contributed by atoms with E-state index in [1.54, 1.807) is 0 Å². The summed E-state index contributed by atoms with van der Waals surface area (Å²) in [6.07, 6.45) is -3.00. The Kier molecular flexibility index (Phi) is 8.39. The fraction of sp³-hybridized carbons (Fsp3) is 0.240. The van der Waals surface area contributed by atoms with E-state index in [1.807, 2.05) is 37.3 Å². The Bertz CT molecular complexity index is 1230. The highest BCUT2D eigenvalue weighted by atomic mass is 32.2. The Morgan fingerprint density at radius 3 is 2.31 bits per heavy atom. The number of hydrogen-bond donors (Lipinski definition) is 2. The summed E-state index contributed by atoms with van der Waals surface area (Å²) in [6.45, 7) is 1.65. The predicted octanol–water partition coefficient (Wildman–Crippen LogP) is 5.02. The summed E-state index contributed by atoms with van der Waals surface area (Å²) in [4.78, 5) is 12.0. The van der Waals surface area contributed by atoms with Gasteiger partial charge >= 0.3 is 6.18 Å². The molecule has 0 heterocycles. The van der Waals surface area contributed by atoms with Gasteiger partial charge in [0.1, 0.15) is 5.75 Å². The van der Waals surface area contributed by atoms with E-state index in [2.05, 4.69) is 10.0 Å². The normalized spacial score (nSPS) is 12.6. The number of alkyl halides is 3. The Labute approximate surface area is 202 Å². The van der Waals surface area contributed by atoms with E-state index < -0.39 is 21.8 Å². The molecule has 0 aliphatic carbocycles. The SMILES string of the molecule is C[C@H](CCc1ccccc1)NC(=O)COc1ccc(S(=O)(=O)Nc2cccc(C(F)(F)F)c2)cc1. The molecule has 0 aromatic heterocycles. The van der Waals surface area contributed by atoms with Gasteiger partial charge in [0.25, 0.3) is 15.9 Å². The second-order valence-corrected chi connectivity index (χ2v) is 9.62. The van der Waals surface area contributed by atoms with Crippen LogP contribution in [0, 0.1) is 0 Å². The quantitative estimate of drug-likeness (QED) is 0.404. The minimum absolute atomic E-state index is 0.0549. The van der Waals surface area contributed by atoms with Gasteiger partial charge in [0.2, 0.25) is 0 Å². The van der Waals surface area contributed by atoms with Crippen LogP contribution in [0.5, 0.6) is 5.75 Å². The van der Waals surface area contributed by atoms with Crippen LogP contribution in [0.1, 0.15) is 24.5 Å². The molecule has 186 valence electrons. The average molecular weight is 507 g/mol. The molecule has 0 saturated heterocycles. The largest absolute Gasteiger partial charge is 0.484 e. The van der Waals surface area contributed by atoms with Gasteiger partial charge in [0.15, 0.2) is 6.61 Å². The summed E-state index contributed by atoms with van der Waals surface area (Å²) in [6, 6.07) is 19.0. The third-order valence-corrected chi connectivity index (χ3v) is 6.46. The Balaban J connectivity index is 1.50. The molecule has 2 N–H and O–H groups in total. The number of rotatable bonds is 10. The molecular weight excluding hydrogens is 481 g/mol. The first-order valence-corrected chi connectivity index (χ1v) is 12.3. The number of anilines is 1. The lowest BCUT2D eigenvalue weighted by atomic mass is 10.1. The molecule has 3 rings (SSSR count). The van der Waals surface area contributed by atoms with Gasteiger partial charge in [-0.15, -0.1) is 0 Å². The van der Waals surface area contributed by atoms with E-state index in [-0.39, 0.29) is 34.9 Å². The van der Waals surface area contributed by atoms with E-state index in [9.17, 15) is 26.4 Å². The van der Waals surface area contributed by atoms with Crippen molar-refractivity contribution in [2.75, 3.05) is 11.3 Å². The molecule has 1 atom stereocenters. The van der Waals surface area contributed by atoms with Gasteiger partial charge in [-0.3, -0.25) is 9.52 Å². The first-order valence-electron chi connectivity index (χ1n) is 10.8. The maximum atomic E-state index is 12.9. The summed E-state index contributed by atoms with van der Waals surface area (Å²) >= 11 is 0. The predicted molar refractivity (Wildman–Crippen MR) is 127 cm³/mol. The molecule has 0 aliphatic rings. The highest BCUT2D eigenvalue weighted by Gasteiger charge is 2.30. The molecule has 1 amide bonds. The van der Waals surface area contributed by atoms with Gasteiger partial charge in [0, 0.05) is 11.7 Å². The number of carbonyl (C=O) groups excluding carboxylic acids is 1. The van der Waals surface area contributed by atoms with Crippen molar-refractivity contribution >= 4 is 21.6 Å². The molecule has 6 nitrogen and oxygen atoms in total. The van der Waals surface area contributed by atoms with Crippen LogP contribution in [-0.2, 0) is 27.4 Å². The minimum Gasteiger partial charge on any atom is -0.484 e. The summed E-state index contributed by atoms with van der Waals surface area (Å²) in [5, 5.41) is 2.85. The van der Waals surface area contributed by atoms with E-state index in [1.165, 1.54) is 35.9 Å². The number of amides is 1. The lowest BCUT2D eigenvalue weighted by Gasteiger charge is -2.14. The number of ether oxygens (including phenoxy) is 1. The lowest BCUT2D eigenvalue weighted by Crippen LogP contribution is -2.36. The number of hydrogen-bond acceptors (Lipinski definition) is 4. The maximum absolute atomic E-state index is 12.9. The van der Waals surface area contributed by atoms with Gasteiger partial charge in [-0.25, -0.2) is 8.42 Å². The van der Waals surface area contributed by atoms with Gasteiger partial charge in [-0.1, -0.05) is 36.4 Å².